The van der Waals surface area contributed by atoms with Crippen LogP contribution in [0.3, 0.4) is 0 Å². The van der Waals surface area contributed by atoms with Crippen LogP contribution in [0.15, 0.2) is 48.1 Å². The molecule has 2 aromatic heterocycles. The van der Waals surface area contributed by atoms with E-state index in [1.165, 1.54) is 17.4 Å². The van der Waals surface area contributed by atoms with Gasteiger partial charge >= 0.3 is 0 Å². The first-order chi connectivity index (χ1) is 9.66. The molecule has 5 heteroatoms. The number of hydrogen-bond acceptors (Lipinski definition) is 2. The van der Waals surface area contributed by atoms with E-state index in [4.69, 9.17) is 0 Å². The van der Waals surface area contributed by atoms with E-state index < -0.39 is 11.6 Å². The standard InChI is InChI=1S/C15H9F2NOS/c16-12-4-3-9(6-13(12)17)10-7-18-8-11(10)15(19)14-2-1-5-20-14/h1-8,18H. The fourth-order valence-electron chi connectivity index (χ4n) is 1.99. The lowest BCUT2D eigenvalue weighted by atomic mass is 10.0. The molecule has 3 aromatic rings. The monoisotopic (exact) mass is 289 g/mol. The van der Waals surface area contributed by atoms with Crippen LogP contribution in [0.2, 0.25) is 0 Å². The zero-order valence-corrected chi connectivity index (χ0v) is 11.0. The number of carbonyl (C=O) groups is 1. The topological polar surface area (TPSA) is 32.9 Å². The maximum absolute atomic E-state index is 13.3. The van der Waals surface area contributed by atoms with Gasteiger partial charge in [0.25, 0.3) is 0 Å². The number of H-pyrrole nitrogens is 1. The van der Waals surface area contributed by atoms with Crippen molar-refractivity contribution in [1.82, 2.24) is 4.98 Å². The molecular weight excluding hydrogens is 280 g/mol. The number of aromatic amines is 1. The van der Waals surface area contributed by atoms with E-state index in [-0.39, 0.29) is 5.78 Å². The average molecular weight is 289 g/mol. The van der Waals surface area contributed by atoms with E-state index >= 15 is 0 Å². The molecule has 0 amide bonds. The van der Waals surface area contributed by atoms with Crippen LogP contribution in [-0.2, 0) is 0 Å². The van der Waals surface area contributed by atoms with Gasteiger partial charge in [-0.25, -0.2) is 8.78 Å². The summed E-state index contributed by atoms with van der Waals surface area (Å²) in [5.74, 6) is -1.98. The number of rotatable bonds is 3. The third-order valence-electron chi connectivity index (χ3n) is 2.97. The maximum atomic E-state index is 13.3. The van der Waals surface area contributed by atoms with Crippen molar-refractivity contribution in [2.75, 3.05) is 0 Å². The van der Waals surface area contributed by atoms with Gasteiger partial charge < -0.3 is 4.98 Å². The molecule has 0 saturated carbocycles. The Balaban J connectivity index is 2.06. The molecule has 0 bridgehead atoms. The number of halogens is 2. The Bertz CT molecular complexity index is 762. The van der Waals surface area contributed by atoms with E-state index in [9.17, 15) is 13.6 Å². The Hall–Kier alpha value is -2.27. The third kappa shape index (κ3) is 2.16. The minimum atomic E-state index is -0.932. The Kier molecular flexibility index (Phi) is 3.20. The predicted octanol–water partition coefficient (Wildman–Crippen LogP) is 4.25. The molecule has 1 aromatic carbocycles. The summed E-state index contributed by atoms with van der Waals surface area (Å²) in [6, 6.07) is 7.12. The minimum absolute atomic E-state index is 0.138. The lowest BCUT2D eigenvalue weighted by molar-refractivity contribution is 0.104. The van der Waals surface area contributed by atoms with E-state index in [0.29, 0.717) is 21.6 Å². The molecule has 0 aliphatic rings. The normalized spacial score (nSPS) is 10.7. The van der Waals surface area contributed by atoms with Crippen molar-refractivity contribution < 1.29 is 13.6 Å². The Morgan fingerprint density at radius 3 is 2.65 bits per heavy atom. The molecule has 0 aliphatic carbocycles. The van der Waals surface area contributed by atoms with Gasteiger partial charge in [-0.15, -0.1) is 11.3 Å². The molecule has 100 valence electrons. The number of thiophene rings is 1. The zero-order valence-electron chi connectivity index (χ0n) is 10.2. The van der Waals surface area contributed by atoms with E-state index in [2.05, 4.69) is 4.98 Å². The van der Waals surface area contributed by atoms with Crippen molar-refractivity contribution in [3.8, 4) is 11.1 Å². The first-order valence-corrected chi connectivity index (χ1v) is 6.75. The number of hydrogen-bond donors (Lipinski definition) is 1. The largest absolute Gasteiger partial charge is 0.366 e. The molecule has 0 atom stereocenters. The summed E-state index contributed by atoms with van der Waals surface area (Å²) in [4.78, 5) is 15.8. The van der Waals surface area contributed by atoms with Crippen LogP contribution >= 0.6 is 11.3 Å². The molecule has 0 saturated heterocycles. The summed E-state index contributed by atoms with van der Waals surface area (Å²) in [5.41, 5.74) is 1.46. The average Bonchev–Trinajstić information content (AvgIpc) is 3.11. The van der Waals surface area contributed by atoms with Crippen molar-refractivity contribution in [2.24, 2.45) is 0 Å². The van der Waals surface area contributed by atoms with Gasteiger partial charge in [0.05, 0.1) is 4.88 Å². The van der Waals surface area contributed by atoms with Crippen molar-refractivity contribution in [3.63, 3.8) is 0 Å². The lowest BCUT2D eigenvalue weighted by Crippen LogP contribution is -1.99. The second-order valence-corrected chi connectivity index (χ2v) is 5.17. The Morgan fingerprint density at radius 2 is 1.95 bits per heavy atom. The number of nitrogens with one attached hydrogen (secondary N) is 1. The highest BCUT2D eigenvalue weighted by atomic mass is 32.1. The van der Waals surface area contributed by atoms with Gasteiger partial charge in [-0.3, -0.25) is 4.79 Å². The number of ketones is 1. The van der Waals surface area contributed by atoms with E-state index in [1.54, 1.807) is 24.5 Å². The predicted molar refractivity (Wildman–Crippen MR) is 73.9 cm³/mol. The highest BCUT2D eigenvalue weighted by Gasteiger charge is 2.17. The molecule has 2 heterocycles. The van der Waals surface area contributed by atoms with Crippen molar-refractivity contribution in [3.05, 3.63) is 70.2 Å². The smallest absolute Gasteiger partial charge is 0.205 e. The Morgan fingerprint density at radius 1 is 1.10 bits per heavy atom. The molecule has 1 N–H and O–H groups in total. The van der Waals surface area contributed by atoms with E-state index in [1.807, 2.05) is 5.38 Å². The summed E-state index contributed by atoms with van der Waals surface area (Å²) >= 11 is 1.34. The Labute approximate surface area is 117 Å². The van der Waals surface area contributed by atoms with Gasteiger partial charge in [-0.2, -0.15) is 0 Å². The molecule has 20 heavy (non-hydrogen) atoms. The van der Waals surface area contributed by atoms with Gasteiger partial charge in [0.15, 0.2) is 11.6 Å². The SMILES string of the molecule is O=C(c1cccs1)c1c[nH]cc1-c1ccc(F)c(F)c1. The molecule has 0 fully saturated rings. The molecule has 3 rings (SSSR count). The first-order valence-electron chi connectivity index (χ1n) is 5.87. The van der Waals surface area contributed by atoms with Gasteiger partial charge in [-0.05, 0) is 29.1 Å². The summed E-state index contributed by atoms with van der Waals surface area (Å²) in [6.07, 6.45) is 3.17. The summed E-state index contributed by atoms with van der Waals surface area (Å²) in [5, 5.41) is 1.82. The molecule has 0 radical (unpaired) electrons. The van der Waals surface area contributed by atoms with Crippen LogP contribution < -0.4 is 0 Å². The summed E-state index contributed by atoms with van der Waals surface area (Å²) in [7, 11) is 0. The van der Waals surface area contributed by atoms with Crippen molar-refractivity contribution in [2.45, 2.75) is 0 Å². The molecule has 0 spiro atoms. The lowest BCUT2D eigenvalue weighted by Gasteiger charge is -2.03. The van der Waals surface area contributed by atoms with Gasteiger partial charge in [-0.1, -0.05) is 12.1 Å². The second-order valence-electron chi connectivity index (χ2n) is 4.22. The van der Waals surface area contributed by atoms with Crippen LogP contribution in [0.5, 0.6) is 0 Å². The second kappa shape index (κ2) is 5.02. The number of benzene rings is 1. The quantitative estimate of drug-likeness (QED) is 0.718. The summed E-state index contributed by atoms with van der Waals surface area (Å²) in [6.45, 7) is 0. The summed E-state index contributed by atoms with van der Waals surface area (Å²) < 4.78 is 26.3. The first kappa shape index (κ1) is 12.7. The van der Waals surface area contributed by atoms with Crippen LogP contribution in [0.25, 0.3) is 11.1 Å². The fourth-order valence-corrected chi connectivity index (χ4v) is 2.67. The number of aromatic nitrogens is 1. The molecule has 2 nitrogen and oxygen atoms in total. The third-order valence-corrected chi connectivity index (χ3v) is 3.83. The number of carbonyl (C=O) groups excluding carboxylic acids is 1. The van der Waals surface area contributed by atoms with Gasteiger partial charge in [0.1, 0.15) is 0 Å². The molecular formula is C15H9F2NOS. The maximum Gasteiger partial charge on any atom is 0.205 e. The van der Waals surface area contributed by atoms with Gasteiger partial charge in [0.2, 0.25) is 5.78 Å². The van der Waals surface area contributed by atoms with Crippen LogP contribution in [0, 0.1) is 11.6 Å². The highest BCUT2D eigenvalue weighted by Crippen LogP contribution is 2.27. The van der Waals surface area contributed by atoms with Crippen molar-refractivity contribution in [1.29, 1.82) is 0 Å². The van der Waals surface area contributed by atoms with Crippen molar-refractivity contribution >= 4 is 17.1 Å². The van der Waals surface area contributed by atoms with E-state index in [0.717, 1.165) is 12.1 Å². The van der Waals surface area contributed by atoms with Gasteiger partial charge in [0, 0.05) is 23.5 Å². The molecule has 0 unspecified atom stereocenters. The highest BCUT2D eigenvalue weighted by molar-refractivity contribution is 7.12. The minimum Gasteiger partial charge on any atom is -0.366 e. The zero-order chi connectivity index (χ0) is 14.1. The molecule has 0 aliphatic heterocycles. The fraction of sp³-hybridized carbons (Fsp3) is 0. The van der Waals surface area contributed by atoms with Crippen LogP contribution in [0.4, 0.5) is 8.78 Å². The van der Waals surface area contributed by atoms with Crippen LogP contribution in [0.1, 0.15) is 15.2 Å². The van der Waals surface area contributed by atoms with Crippen LogP contribution in [-0.4, -0.2) is 10.8 Å².